The Morgan fingerprint density at radius 2 is 1.88 bits per heavy atom. The van der Waals surface area contributed by atoms with Crippen molar-refractivity contribution in [1.29, 1.82) is 0 Å². The highest BCUT2D eigenvalue weighted by molar-refractivity contribution is 5.78. The Balaban J connectivity index is 2.63. The predicted octanol–water partition coefficient (Wildman–Crippen LogP) is 0.569. The van der Waals surface area contributed by atoms with Gasteiger partial charge in [-0.3, -0.25) is 4.79 Å². The third-order valence-corrected chi connectivity index (χ3v) is 2.39. The lowest BCUT2D eigenvalue weighted by molar-refractivity contribution is -0.133. The van der Waals surface area contributed by atoms with Gasteiger partial charge < -0.3 is 14.9 Å². The van der Waals surface area contributed by atoms with Crippen LogP contribution in [0.2, 0.25) is 0 Å². The van der Waals surface area contributed by atoms with Crippen molar-refractivity contribution in [1.82, 2.24) is 9.80 Å². The molecule has 0 heterocycles. The van der Waals surface area contributed by atoms with Gasteiger partial charge in [0.15, 0.2) is 0 Å². The lowest BCUT2D eigenvalue weighted by atomic mass is 10.2. The average Bonchev–Trinajstić information content (AvgIpc) is 2.29. The maximum Gasteiger partial charge on any atom is 0.237 e. The van der Waals surface area contributed by atoms with E-state index in [2.05, 4.69) is 0 Å². The van der Waals surface area contributed by atoms with Gasteiger partial charge in [0.25, 0.3) is 0 Å². The summed E-state index contributed by atoms with van der Waals surface area (Å²) in [5.74, 6) is 0.0351. The van der Waals surface area contributed by atoms with Crippen LogP contribution >= 0.6 is 0 Å². The highest BCUT2D eigenvalue weighted by Gasteiger charge is 2.13. The van der Waals surface area contributed by atoms with Crippen LogP contribution in [0, 0.1) is 0 Å². The second-order valence-electron chi connectivity index (χ2n) is 4.26. The summed E-state index contributed by atoms with van der Waals surface area (Å²) in [7, 11) is 3.72. The number of amides is 1. The molecule has 1 rings (SSSR count). The van der Waals surface area contributed by atoms with Crippen LogP contribution < -0.4 is 0 Å². The molecule has 4 nitrogen and oxygen atoms in total. The molecule has 0 bridgehead atoms. The summed E-state index contributed by atoms with van der Waals surface area (Å²) in [6, 6.07) is 9.80. The highest BCUT2D eigenvalue weighted by Crippen LogP contribution is 2.04. The fourth-order valence-corrected chi connectivity index (χ4v) is 1.59. The van der Waals surface area contributed by atoms with Crippen molar-refractivity contribution in [3.05, 3.63) is 35.9 Å². The largest absolute Gasteiger partial charge is 0.395 e. The third-order valence-electron chi connectivity index (χ3n) is 2.39. The first-order valence-electron chi connectivity index (χ1n) is 5.70. The van der Waals surface area contributed by atoms with Crippen molar-refractivity contribution in [3.8, 4) is 0 Å². The number of hydrogen-bond donors (Lipinski definition) is 1. The molecule has 0 radical (unpaired) electrons. The van der Waals surface area contributed by atoms with Crippen LogP contribution in [0.3, 0.4) is 0 Å². The Kier molecular flexibility index (Phi) is 5.66. The Morgan fingerprint density at radius 1 is 1.24 bits per heavy atom. The molecular weight excluding hydrogens is 216 g/mol. The molecule has 0 fully saturated rings. The third kappa shape index (κ3) is 4.97. The number of aliphatic hydroxyl groups is 1. The molecule has 0 atom stereocenters. The van der Waals surface area contributed by atoms with E-state index >= 15 is 0 Å². The van der Waals surface area contributed by atoms with Crippen molar-refractivity contribution >= 4 is 5.91 Å². The molecule has 0 aliphatic carbocycles. The van der Waals surface area contributed by atoms with Crippen LogP contribution in [0.15, 0.2) is 30.3 Å². The van der Waals surface area contributed by atoms with Gasteiger partial charge >= 0.3 is 0 Å². The van der Waals surface area contributed by atoms with Crippen LogP contribution in [0.5, 0.6) is 0 Å². The summed E-state index contributed by atoms with van der Waals surface area (Å²) in [6.07, 6.45) is 0. The number of likely N-dealkylation sites (N-methyl/N-ethyl adjacent to an activating group) is 1. The highest BCUT2D eigenvalue weighted by atomic mass is 16.3. The minimum atomic E-state index is -0.00793. The van der Waals surface area contributed by atoms with Gasteiger partial charge in [0, 0.05) is 13.1 Å². The first-order chi connectivity index (χ1) is 8.13. The second kappa shape index (κ2) is 7.04. The molecule has 0 aliphatic rings. The zero-order valence-corrected chi connectivity index (χ0v) is 10.5. The number of benzene rings is 1. The number of nitrogens with zero attached hydrogens (tertiary/aromatic N) is 2. The Bertz CT molecular complexity index is 339. The maximum absolute atomic E-state index is 11.9. The molecule has 17 heavy (non-hydrogen) atoms. The quantitative estimate of drug-likeness (QED) is 0.785. The van der Waals surface area contributed by atoms with E-state index in [0.29, 0.717) is 19.6 Å². The van der Waals surface area contributed by atoms with E-state index in [4.69, 9.17) is 5.11 Å². The summed E-state index contributed by atoms with van der Waals surface area (Å²) in [6.45, 7) is 1.29. The summed E-state index contributed by atoms with van der Waals surface area (Å²) in [4.78, 5) is 15.4. The fraction of sp³-hybridized carbons (Fsp3) is 0.462. The van der Waals surface area contributed by atoms with E-state index in [-0.39, 0.29) is 12.5 Å². The van der Waals surface area contributed by atoms with Gasteiger partial charge in [0.05, 0.1) is 13.2 Å². The maximum atomic E-state index is 11.9. The number of carbonyl (C=O) groups is 1. The predicted molar refractivity (Wildman–Crippen MR) is 67.5 cm³/mol. The van der Waals surface area contributed by atoms with Gasteiger partial charge in [-0.2, -0.15) is 0 Å². The van der Waals surface area contributed by atoms with Gasteiger partial charge in [-0.05, 0) is 19.7 Å². The van der Waals surface area contributed by atoms with Gasteiger partial charge in [-0.1, -0.05) is 30.3 Å². The van der Waals surface area contributed by atoms with Crippen molar-refractivity contribution in [2.24, 2.45) is 0 Å². The summed E-state index contributed by atoms with van der Waals surface area (Å²) in [5.41, 5.74) is 1.08. The molecular formula is C13H20N2O2. The van der Waals surface area contributed by atoms with Crippen LogP contribution in [0.1, 0.15) is 5.56 Å². The van der Waals surface area contributed by atoms with Gasteiger partial charge in [0.2, 0.25) is 5.91 Å². The summed E-state index contributed by atoms with van der Waals surface area (Å²) >= 11 is 0. The molecule has 94 valence electrons. The van der Waals surface area contributed by atoms with Crippen LogP contribution in [-0.4, -0.2) is 54.6 Å². The van der Waals surface area contributed by atoms with Crippen molar-refractivity contribution in [2.75, 3.05) is 33.8 Å². The molecule has 1 N–H and O–H groups in total. The molecule has 0 aliphatic heterocycles. The van der Waals surface area contributed by atoms with Crippen molar-refractivity contribution in [2.45, 2.75) is 6.54 Å². The number of rotatable bonds is 6. The molecule has 1 aromatic rings. The smallest absolute Gasteiger partial charge is 0.237 e. The van der Waals surface area contributed by atoms with Crippen molar-refractivity contribution < 1.29 is 9.90 Å². The summed E-state index contributed by atoms with van der Waals surface area (Å²) < 4.78 is 0. The van der Waals surface area contributed by atoms with Crippen LogP contribution in [0.4, 0.5) is 0 Å². The molecule has 0 saturated heterocycles. The fourth-order valence-electron chi connectivity index (χ4n) is 1.59. The number of hydrogen-bond acceptors (Lipinski definition) is 3. The number of aliphatic hydroxyl groups excluding tert-OH is 1. The van der Waals surface area contributed by atoms with Crippen LogP contribution in [0.25, 0.3) is 0 Å². The van der Waals surface area contributed by atoms with E-state index in [0.717, 1.165) is 5.56 Å². The molecule has 0 unspecified atom stereocenters. The Hall–Kier alpha value is -1.39. The molecule has 1 aromatic carbocycles. The van der Waals surface area contributed by atoms with E-state index in [1.165, 1.54) is 0 Å². The molecule has 1 amide bonds. The second-order valence-corrected chi connectivity index (χ2v) is 4.26. The minimum absolute atomic E-state index is 0.00793. The standard InChI is InChI=1S/C13H20N2O2/c1-14(2)11-13(17)15(8-9-16)10-12-6-4-3-5-7-12/h3-7,16H,8-11H2,1-2H3. The monoisotopic (exact) mass is 236 g/mol. The lowest BCUT2D eigenvalue weighted by Gasteiger charge is -2.23. The lowest BCUT2D eigenvalue weighted by Crippen LogP contribution is -2.39. The number of carbonyl (C=O) groups excluding carboxylic acids is 1. The molecule has 0 saturated carbocycles. The topological polar surface area (TPSA) is 43.8 Å². The summed E-state index contributed by atoms with van der Waals surface area (Å²) in [5, 5.41) is 8.99. The Morgan fingerprint density at radius 3 is 2.41 bits per heavy atom. The Labute approximate surface area is 102 Å². The normalized spacial score (nSPS) is 10.6. The zero-order valence-electron chi connectivity index (χ0n) is 10.5. The van der Waals surface area contributed by atoms with Gasteiger partial charge in [-0.25, -0.2) is 0 Å². The van der Waals surface area contributed by atoms with Gasteiger partial charge in [0.1, 0.15) is 0 Å². The first-order valence-corrected chi connectivity index (χ1v) is 5.70. The van der Waals surface area contributed by atoms with E-state index in [1.54, 1.807) is 4.90 Å². The van der Waals surface area contributed by atoms with E-state index < -0.39 is 0 Å². The average molecular weight is 236 g/mol. The first kappa shape index (κ1) is 13.7. The van der Waals surface area contributed by atoms with Crippen molar-refractivity contribution in [3.63, 3.8) is 0 Å². The molecule has 0 aromatic heterocycles. The zero-order chi connectivity index (χ0) is 12.7. The van der Waals surface area contributed by atoms with Gasteiger partial charge in [-0.15, -0.1) is 0 Å². The SMILES string of the molecule is CN(C)CC(=O)N(CCO)Cc1ccccc1. The van der Waals surface area contributed by atoms with E-state index in [1.807, 2.05) is 49.3 Å². The minimum Gasteiger partial charge on any atom is -0.395 e. The van der Waals surface area contributed by atoms with Crippen LogP contribution in [-0.2, 0) is 11.3 Å². The van der Waals surface area contributed by atoms with E-state index in [9.17, 15) is 4.79 Å². The molecule has 4 heteroatoms. The molecule has 0 spiro atoms.